The van der Waals surface area contributed by atoms with Crippen molar-refractivity contribution in [2.75, 3.05) is 13.1 Å². The van der Waals surface area contributed by atoms with Gasteiger partial charge in [0.2, 0.25) is 0 Å². The molecule has 3 rings (SSSR count). The van der Waals surface area contributed by atoms with Crippen molar-refractivity contribution >= 4 is 21.8 Å². The molecule has 110 valence electrons. The lowest BCUT2D eigenvalue weighted by atomic mass is 10.1. The van der Waals surface area contributed by atoms with Crippen LogP contribution >= 0.6 is 15.9 Å². The third kappa shape index (κ3) is 2.63. The van der Waals surface area contributed by atoms with E-state index in [1.54, 1.807) is 4.90 Å². The van der Waals surface area contributed by atoms with Crippen LogP contribution in [0.4, 0.5) is 0 Å². The molecule has 1 aliphatic rings. The molecule has 1 aromatic heterocycles. The number of carbonyl (C=O) groups is 1. The van der Waals surface area contributed by atoms with Crippen LogP contribution in [0.15, 0.2) is 40.9 Å². The number of aliphatic hydroxyl groups is 1. The van der Waals surface area contributed by atoms with Crippen LogP contribution in [0.2, 0.25) is 0 Å². The number of hydrogen-bond donors (Lipinski definition) is 1. The molecule has 2 heterocycles. The molecule has 0 unspecified atom stereocenters. The Balaban J connectivity index is 1.93. The summed E-state index contributed by atoms with van der Waals surface area (Å²) in [5.74, 6) is -0.0210. The number of nitrogens with zero attached hydrogens (tertiary/aromatic N) is 2. The van der Waals surface area contributed by atoms with Gasteiger partial charge in [-0.2, -0.15) is 0 Å². The molecule has 2 aromatic rings. The van der Waals surface area contributed by atoms with E-state index in [4.69, 9.17) is 0 Å². The van der Waals surface area contributed by atoms with Crippen molar-refractivity contribution < 1.29 is 9.90 Å². The first-order valence-electron chi connectivity index (χ1n) is 6.96. The Hall–Kier alpha value is -1.59. The summed E-state index contributed by atoms with van der Waals surface area (Å²) in [6.45, 7) is 1.05. The molecule has 1 amide bonds. The fourth-order valence-corrected chi connectivity index (χ4v) is 3.24. The van der Waals surface area contributed by atoms with Crippen LogP contribution in [0, 0.1) is 0 Å². The van der Waals surface area contributed by atoms with E-state index >= 15 is 0 Å². The highest BCUT2D eigenvalue weighted by Gasteiger charge is 2.27. The van der Waals surface area contributed by atoms with Gasteiger partial charge < -0.3 is 14.6 Å². The van der Waals surface area contributed by atoms with Gasteiger partial charge in [0.1, 0.15) is 5.69 Å². The summed E-state index contributed by atoms with van der Waals surface area (Å²) < 4.78 is 2.91. The molecular formula is C16H17BrN2O2. The Morgan fingerprint density at radius 2 is 2.05 bits per heavy atom. The highest BCUT2D eigenvalue weighted by Crippen LogP contribution is 2.29. The average molecular weight is 349 g/mol. The minimum Gasteiger partial charge on any atom is -0.391 e. The van der Waals surface area contributed by atoms with Crippen LogP contribution in [-0.2, 0) is 7.05 Å². The van der Waals surface area contributed by atoms with E-state index in [9.17, 15) is 9.90 Å². The summed E-state index contributed by atoms with van der Waals surface area (Å²) in [4.78, 5) is 14.2. The molecule has 1 saturated heterocycles. The molecule has 0 radical (unpaired) electrons. The molecule has 1 N–H and O–H groups in total. The first kappa shape index (κ1) is 14.4. The van der Waals surface area contributed by atoms with Crippen LogP contribution in [-0.4, -0.2) is 39.7 Å². The predicted molar refractivity (Wildman–Crippen MR) is 85.1 cm³/mol. The normalized spacial score (nSPS) is 18.2. The van der Waals surface area contributed by atoms with Gasteiger partial charge in [0.25, 0.3) is 5.91 Å². The molecule has 0 spiro atoms. The lowest BCUT2D eigenvalue weighted by molar-refractivity contribution is 0.0756. The third-order valence-corrected chi connectivity index (χ3v) is 4.63. The zero-order valence-electron chi connectivity index (χ0n) is 11.8. The highest BCUT2D eigenvalue weighted by molar-refractivity contribution is 9.10. The van der Waals surface area contributed by atoms with Crippen molar-refractivity contribution in [2.24, 2.45) is 7.05 Å². The Labute approximate surface area is 132 Å². The average Bonchev–Trinajstić information content (AvgIpc) is 3.05. The molecule has 0 aliphatic carbocycles. The standard InChI is InChI=1S/C16H17BrN2O2/c1-18-14(12-4-2-3-5-13(12)17)6-7-15(18)16(21)19-9-8-11(20)10-19/h2-7,11,20H,8-10H2,1H3/t11-/m1/s1. The minimum absolute atomic E-state index is 0.0210. The monoisotopic (exact) mass is 348 g/mol. The van der Waals surface area contributed by atoms with Crippen LogP contribution in [0.3, 0.4) is 0 Å². The number of halogens is 1. The Kier molecular flexibility index (Phi) is 3.87. The van der Waals surface area contributed by atoms with Crippen LogP contribution in [0.25, 0.3) is 11.3 Å². The van der Waals surface area contributed by atoms with E-state index in [1.807, 2.05) is 48.0 Å². The predicted octanol–water partition coefficient (Wildman–Crippen LogP) is 2.66. The van der Waals surface area contributed by atoms with Gasteiger partial charge in [-0.15, -0.1) is 0 Å². The lowest BCUT2D eigenvalue weighted by Gasteiger charge is -2.16. The van der Waals surface area contributed by atoms with E-state index in [0.717, 1.165) is 15.7 Å². The molecule has 5 heteroatoms. The van der Waals surface area contributed by atoms with Crippen molar-refractivity contribution in [1.29, 1.82) is 0 Å². The largest absolute Gasteiger partial charge is 0.391 e. The summed E-state index contributed by atoms with van der Waals surface area (Å²) in [5.41, 5.74) is 2.70. The van der Waals surface area contributed by atoms with Crippen molar-refractivity contribution in [1.82, 2.24) is 9.47 Å². The topological polar surface area (TPSA) is 45.5 Å². The molecule has 0 saturated carbocycles. The van der Waals surface area contributed by atoms with Gasteiger partial charge in [-0.3, -0.25) is 4.79 Å². The smallest absolute Gasteiger partial charge is 0.270 e. The van der Waals surface area contributed by atoms with Crippen molar-refractivity contribution in [2.45, 2.75) is 12.5 Å². The minimum atomic E-state index is -0.392. The van der Waals surface area contributed by atoms with E-state index in [0.29, 0.717) is 25.2 Å². The second-order valence-electron chi connectivity index (χ2n) is 5.34. The molecule has 0 bridgehead atoms. The summed E-state index contributed by atoms with van der Waals surface area (Å²) >= 11 is 3.55. The maximum Gasteiger partial charge on any atom is 0.270 e. The third-order valence-electron chi connectivity index (χ3n) is 3.94. The number of carbonyl (C=O) groups excluding carboxylic acids is 1. The van der Waals surface area contributed by atoms with Gasteiger partial charge in [0, 0.05) is 35.9 Å². The molecule has 1 aliphatic heterocycles. The fourth-order valence-electron chi connectivity index (χ4n) is 2.75. The van der Waals surface area contributed by atoms with Crippen LogP contribution in [0.5, 0.6) is 0 Å². The molecule has 4 nitrogen and oxygen atoms in total. The number of rotatable bonds is 2. The Morgan fingerprint density at radius 3 is 2.71 bits per heavy atom. The Bertz CT molecular complexity index is 681. The summed E-state index contributed by atoms with van der Waals surface area (Å²) in [6, 6.07) is 11.8. The first-order valence-corrected chi connectivity index (χ1v) is 7.75. The van der Waals surface area contributed by atoms with Crippen molar-refractivity contribution in [3.8, 4) is 11.3 Å². The SMILES string of the molecule is Cn1c(C(=O)N2CC[C@@H](O)C2)ccc1-c1ccccc1Br. The van der Waals surface area contributed by atoms with Crippen LogP contribution < -0.4 is 0 Å². The molecule has 1 atom stereocenters. The molecule has 21 heavy (non-hydrogen) atoms. The summed E-state index contributed by atoms with van der Waals surface area (Å²) in [5, 5.41) is 9.58. The fraction of sp³-hybridized carbons (Fsp3) is 0.312. The lowest BCUT2D eigenvalue weighted by Crippen LogP contribution is -2.30. The van der Waals surface area contributed by atoms with Crippen molar-refractivity contribution in [3.63, 3.8) is 0 Å². The molecular weight excluding hydrogens is 332 g/mol. The quantitative estimate of drug-likeness (QED) is 0.906. The maximum atomic E-state index is 12.5. The number of benzene rings is 1. The zero-order chi connectivity index (χ0) is 15.0. The van der Waals surface area contributed by atoms with Gasteiger partial charge >= 0.3 is 0 Å². The summed E-state index contributed by atoms with van der Waals surface area (Å²) in [7, 11) is 1.90. The second kappa shape index (κ2) is 5.66. The van der Waals surface area contributed by atoms with Crippen molar-refractivity contribution in [3.05, 3.63) is 46.6 Å². The van der Waals surface area contributed by atoms with E-state index in [-0.39, 0.29) is 5.91 Å². The van der Waals surface area contributed by atoms with Gasteiger partial charge in [-0.25, -0.2) is 0 Å². The molecule has 1 fully saturated rings. The summed E-state index contributed by atoms with van der Waals surface area (Å²) in [6.07, 6.45) is 0.268. The maximum absolute atomic E-state index is 12.5. The number of amides is 1. The number of β-amino-alcohol motifs (C(OH)–C–C–N with tert-alkyl or cyclic N) is 1. The first-order chi connectivity index (χ1) is 10.1. The number of likely N-dealkylation sites (tertiary alicyclic amines) is 1. The Morgan fingerprint density at radius 1 is 1.29 bits per heavy atom. The van der Waals surface area contributed by atoms with Gasteiger partial charge in [0.05, 0.1) is 6.10 Å². The van der Waals surface area contributed by atoms with E-state index in [1.165, 1.54) is 0 Å². The van der Waals surface area contributed by atoms with E-state index < -0.39 is 6.10 Å². The van der Waals surface area contributed by atoms with Gasteiger partial charge in [0.15, 0.2) is 0 Å². The number of hydrogen-bond acceptors (Lipinski definition) is 2. The highest BCUT2D eigenvalue weighted by atomic mass is 79.9. The van der Waals surface area contributed by atoms with Gasteiger partial charge in [-0.05, 0) is 24.6 Å². The zero-order valence-corrected chi connectivity index (χ0v) is 13.4. The number of aliphatic hydroxyl groups excluding tert-OH is 1. The second-order valence-corrected chi connectivity index (χ2v) is 6.19. The molecule has 1 aromatic carbocycles. The van der Waals surface area contributed by atoms with Crippen LogP contribution in [0.1, 0.15) is 16.9 Å². The van der Waals surface area contributed by atoms with Gasteiger partial charge in [-0.1, -0.05) is 34.1 Å². The van der Waals surface area contributed by atoms with E-state index in [2.05, 4.69) is 15.9 Å². The number of aromatic nitrogens is 1.